The molecule has 0 aliphatic carbocycles. The van der Waals surface area contributed by atoms with Gasteiger partial charge < -0.3 is 16.6 Å². The first kappa shape index (κ1) is 16.8. The third kappa shape index (κ3) is 4.00. The standard InChI is InChI=1S/C15H18Cl2N4O/c16-10-6-5-9(8-11(10)17)13-12(4-2-1-3-7-22)20-15(19)21-14(13)18/h5-6,8,22H,1-4,7H2,(H4,18,19,20,21). The Balaban J connectivity index is 2.37. The number of hydrogen-bond donors (Lipinski definition) is 3. The number of unbranched alkanes of at least 4 members (excludes halogenated alkanes) is 2. The average molecular weight is 341 g/mol. The van der Waals surface area contributed by atoms with Crippen molar-refractivity contribution in [2.24, 2.45) is 0 Å². The van der Waals surface area contributed by atoms with E-state index in [9.17, 15) is 0 Å². The van der Waals surface area contributed by atoms with Gasteiger partial charge in [0.1, 0.15) is 5.82 Å². The molecule has 7 heteroatoms. The molecule has 0 radical (unpaired) electrons. The molecule has 5 nitrogen and oxygen atoms in total. The highest BCUT2D eigenvalue weighted by atomic mass is 35.5. The summed E-state index contributed by atoms with van der Waals surface area (Å²) in [6.45, 7) is 0.188. The Morgan fingerprint density at radius 1 is 1.00 bits per heavy atom. The number of aliphatic hydroxyl groups is 1. The van der Waals surface area contributed by atoms with Gasteiger partial charge in [-0.05, 0) is 37.0 Å². The molecule has 1 heterocycles. The van der Waals surface area contributed by atoms with E-state index in [0.717, 1.165) is 36.1 Å². The van der Waals surface area contributed by atoms with Crippen molar-refractivity contribution >= 4 is 35.0 Å². The quantitative estimate of drug-likeness (QED) is 0.700. The number of halogens is 2. The number of benzene rings is 1. The minimum atomic E-state index is 0.151. The molecule has 0 saturated carbocycles. The second-order valence-electron chi connectivity index (χ2n) is 4.95. The Hall–Kier alpha value is -1.56. The number of aryl methyl sites for hydroxylation is 1. The van der Waals surface area contributed by atoms with Gasteiger partial charge in [-0.15, -0.1) is 0 Å². The predicted octanol–water partition coefficient (Wildman–Crippen LogP) is 3.32. The van der Waals surface area contributed by atoms with Crippen molar-refractivity contribution in [3.63, 3.8) is 0 Å². The highest BCUT2D eigenvalue weighted by molar-refractivity contribution is 6.42. The van der Waals surface area contributed by atoms with Crippen LogP contribution in [0.4, 0.5) is 11.8 Å². The van der Waals surface area contributed by atoms with Crippen LogP contribution in [0.15, 0.2) is 18.2 Å². The largest absolute Gasteiger partial charge is 0.396 e. The van der Waals surface area contributed by atoms with Gasteiger partial charge in [-0.2, -0.15) is 4.98 Å². The molecule has 1 aromatic carbocycles. The third-order valence-electron chi connectivity index (χ3n) is 3.31. The van der Waals surface area contributed by atoms with E-state index in [1.54, 1.807) is 12.1 Å². The molecule has 0 aliphatic rings. The van der Waals surface area contributed by atoms with Crippen molar-refractivity contribution in [1.29, 1.82) is 0 Å². The van der Waals surface area contributed by atoms with Crippen molar-refractivity contribution < 1.29 is 5.11 Å². The molecule has 0 atom stereocenters. The maximum atomic E-state index is 8.85. The highest BCUT2D eigenvalue weighted by Gasteiger charge is 2.14. The molecule has 118 valence electrons. The monoisotopic (exact) mass is 340 g/mol. The molecule has 0 fully saturated rings. The van der Waals surface area contributed by atoms with E-state index < -0.39 is 0 Å². The summed E-state index contributed by atoms with van der Waals surface area (Å²) >= 11 is 12.0. The molecule has 0 saturated heterocycles. The molecule has 0 amide bonds. The summed E-state index contributed by atoms with van der Waals surface area (Å²) < 4.78 is 0. The lowest BCUT2D eigenvalue weighted by molar-refractivity contribution is 0.283. The van der Waals surface area contributed by atoms with Crippen LogP contribution in [-0.2, 0) is 6.42 Å². The molecule has 22 heavy (non-hydrogen) atoms. The van der Waals surface area contributed by atoms with E-state index in [1.807, 2.05) is 6.07 Å². The maximum absolute atomic E-state index is 8.85. The first-order valence-electron chi connectivity index (χ1n) is 7.01. The summed E-state index contributed by atoms with van der Waals surface area (Å²) in [5.74, 6) is 0.474. The van der Waals surface area contributed by atoms with E-state index >= 15 is 0 Å². The van der Waals surface area contributed by atoms with Crippen LogP contribution < -0.4 is 11.5 Å². The lowest BCUT2D eigenvalue weighted by atomic mass is 10.0. The van der Waals surface area contributed by atoms with Crippen LogP contribution in [0.25, 0.3) is 11.1 Å². The van der Waals surface area contributed by atoms with Gasteiger partial charge >= 0.3 is 0 Å². The van der Waals surface area contributed by atoms with Crippen molar-refractivity contribution in [1.82, 2.24) is 9.97 Å². The van der Waals surface area contributed by atoms with Crippen LogP contribution in [0, 0.1) is 0 Å². The number of nitrogens with zero attached hydrogens (tertiary/aromatic N) is 2. The molecule has 0 aliphatic heterocycles. The number of nitrogens with two attached hydrogens (primary N) is 2. The summed E-state index contributed by atoms with van der Waals surface area (Å²) in [7, 11) is 0. The van der Waals surface area contributed by atoms with E-state index in [1.165, 1.54) is 0 Å². The van der Waals surface area contributed by atoms with Crippen LogP contribution >= 0.6 is 23.2 Å². The Morgan fingerprint density at radius 2 is 1.77 bits per heavy atom. The van der Waals surface area contributed by atoms with Crippen LogP contribution in [0.2, 0.25) is 10.0 Å². The fourth-order valence-electron chi connectivity index (χ4n) is 2.27. The van der Waals surface area contributed by atoms with Gasteiger partial charge in [-0.1, -0.05) is 35.7 Å². The second-order valence-corrected chi connectivity index (χ2v) is 5.77. The summed E-state index contributed by atoms with van der Waals surface area (Å²) in [5.41, 5.74) is 14.0. The number of rotatable bonds is 6. The predicted molar refractivity (Wildman–Crippen MR) is 91.0 cm³/mol. The maximum Gasteiger partial charge on any atom is 0.222 e. The smallest absolute Gasteiger partial charge is 0.222 e. The SMILES string of the molecule is Nc1nc(N)c(-c2ccc(Cl)c(Cl)c2)c(CCCCCO)n1. The molecule has 1 aromatic heterocycles. The van der Waals surface area contributed by atoms with E-state index in [4.69, 9.17) is 39.8 Å². The van der Waals surface area contributed by atoms with Gasteiger partial charge in [0.05, 0.1) is 15.7 Å². The molecular weight excluding hydrogens is 323 g/mol. The molecule has 5 N–H and O–H groups in total. The number of aliphatic hydroxyl groups excluding tert-OH is 1. The molecule has 0 unspecified atom stereocenters. The zero-order chi connectivity index (χ0) is 16.1. The van der Waals surface area contributed by atoms with E-state index in [-0.39, 0.29) is 12.6 Å². The summed E-state index contributed by atoms with van der Waals surface area (Å²) in [4.78, 5) is 8.34. The number of hydrogen-bond acceptors (Lipinski definition) is 5. The fraction of sp³-hybridized carbons (Fsp3) is 0.333. The average Bonchev–Trinajstić information content (AvgIpc) is 2.46. The van der Waals surface area contributed by atoms with E-state index in [0.29, 0.717) is 22.3 Å². The van der Waals surface area contributed by atoms with E-state index in [2.05, 4.69) is 9.97 Å². The van der Waals surface area contributed by atoms with Gasteiger partial charge in [0.2, 0.25) is 5.95 Å². The minimum absolute atomic E-state index is 0.151. The van der Waals surface area contributed by atoms with Crippen LogP contribution in [0.3, 0.4) is 0 Å². The summed E-state index contributed by atoms with van der Waals surface area (Å²) in [6.07, 6.45) is 3.25. The topological polar surface area (TPSA) is 98.0 Å². The lowest BCUT2D eigenvalue weighted by Gasteiger charge is -2.12. The Bertz CT molecular complexity index is 664. The van der Waals surface area contributed by atoms with Crippen molar-refractivity contribution in [2.45, 2.75) is 25.7 Å². The zero-order valence-corrected chi connectivity index (χ0v) is 13.5. The second kappa shape index (κ2) is 7.63. The summed E-state index contributed by atoms with van der Waals surface area (Å²) in [5, 5.41) is 9.77. The minimum Gasteiger partial charge on any atom is -0.396 e. The number of nitrogen functional groups attached to an aromatic ring is 2. The normalized spacial score (nSPS) is 10.9. The third-order valence-corrected chi connectivity index (χ3v) is 4.05. The van der Waals surface area contributed by atoms with Crippen molar-refractivity contribution in [3.8, 4) is 11.1 Å². The molecular formula is C15H18Cl2N4O. The Labute approximate surface area is 139 Å². The first-order valence-corrected chi connectivity index (χ1v) is 7.76. The van der Waals surface area contributed by atoms with Crippen LogP contribution in [-0.4, -0.2) is 21.7 Å². The number of anilines is 2. The zero-order valence-electron chi connectivity index (χ0n) is 12.0. The van der Waals surface area contributed by atoms with Gasteiger partial charge in [-0.25, -0.2) is 4.98 Å². The van der Waals surface area contributed by atoms with Gasteiger partial charge in [0.25, 0.3) is 0 Å². The van der Waals surface area contributed by atoms with Crippen molar-refractivity contribution in [3.05, 3.63) is 33.9 Å². The highest BCUT2D eigenvalue weighted by Crippen LogP contribution is 2.33. The van der Waals surface area contributed by atoms with Gasteiger partial charge in [-0.3, -0.25) is 0 Å². The molecule has 2 rings (SSSR count). The fourth-order valence-corrected chi connectivity index (χ4v) is 2.57. The molecule has 2 aromatic rings. The Kier molecular flexibility index (Phi) is 5.83. The van der Waals surface area contributed by atoms with Crippen LogP contribution in [0.5, 0.6) is 0 Å². The molecule has 0 bridgehead atoms. The van der Waals surface area contributed by atoms with Gasteiger partial charge in [0, 0.05) is 12.2 Å². The summed E-state index contributed by atoms with van der Waals surface area (Å²) in [6, 6.07) is 5.29. The number of aromatic nitrogens is 2. The van der Waals surface area contributed by atoms with Gasteiger partial charge in [0.15, 0.2) is 0 Å². The molecule has 0 spiro atoms. The van der Waals surface area contributed by atoms with Crippen molar-refractivity contribution in [2.75, 3.05) is 18.1 Å². The first-order chi connectivity index (χ1) is 10.5. The van der Waals surface area contributed by atoms with Crippen LogP contribution in [0.1, 0.15) is 25.0 Å². The Morgan fingerprint density at radius 3 is 2.45 bits per heavy atom. The lowest BCUT2D eigenvalue weighted by Crippen LogP contribution is -2.07.